The third-order valence-corrected chi connectivity index (χ3v) is 5.42. The number of aromatic nitrogens is 2. The number of hydrogen-bond donors (Lipinski definition) is 1. The van der Waals surface area contributed by atoms with Gasteiger partial charge in [-0.15, -0.1) is 0 Å². The van der Waals surface area contributed by atoms with E-state index < -0.39 is 18.7 Å². The first-order chi connectivity index (χ1) is 11.8. The number of imidazole rings is 1. The Balaban J connectivity index is 1.77. The lowest BCUT2D eigenvalue weighted by Gasteiger charge is -2.24. The van der Waals surface area contributed by atoms with Crippen molar-refractivity contribution in [3.8, 4) is 5.75 Å². The third kappa shape index (κ3) is 2.57. The highest BCUT2D eigenvalue weighted by atomic mass is 19.1. The lowest BCUT2D eigenvalue weighted by atomic mass is 9.84. The molecule has 4 rings (SSSR count). The summed E-state index contributed by atoms with van der Waals surface area (Å²) < 4.78 is 25.8. The number of carbonyl (C=O) groups is 1. The second-order valence-corrected chi connectivity index (χ2v) is 7.53. The first-order valence-electron chi connectivity index (χ1n) is 8.47. The van der Waals surface area contributed by atoms with E-state index in [1.54, 1.807) is 17.4 Å². The molecule has 1 aliphatic heterocycles. The SMILES string of the molecule is C[C@@H](CF)Oc1cc2nc([C@@]34CC[C@@](C)(C3)OC4)cn2cc1C(=O)O. The first kappa shape index (κ1) is 16.3. The van der Waals surface area contributed by atoms with E-state index in [-0.39, 0.29) is 22.3 Å². The molecule has 134 valence electrons. The second-order valence-electron chi connectivity index (χ2n) is 7.53. The molecule has 3 atom stereocenters. The van der Waals surface area contributed by atoms with E-state index in [1.807, 2.05) is 6.20 Å². The fourth-order valence-corrected chi connectivity index (χ4v) is 4.03. The molecule has 1 saturated heterocycles. The van der Waals surface area contributed by atoms with Gasteiger partial charge in [-0.1, -0.05) is 0 Å². The van der Waals surface area contributed by atoms with Crippen LogP contribution in [-0.2, 0) is 10.2 Å². The number of carboxylic acids is 1. The summed E-state index contributed by atoms with van der Waals surface area (Å²) in [5.41, 5.74) is 1.33. The molecule has 2 aliphatic rings. The third-order valence-electron chi connectivity index (χ3n) is 5.42. The number of rotatable bonds is 5. The van der Waals surface area contributed by atoms with Crippen LogP contribution in [0.15, 0.2) is 18.5 Å². The van der Waals surface area contributed by atoms with Crippen LogP contribution in [0.5, 0.6) is 5.75 Å². The van der Waals surface area contributed by atoms with Gasteiger partial charge in [0.25, 0.3) is 0 Å². The maximum atomic E-state index is 12.8. The van der Waals surface area contributed by atoms with Gasteiger partial charge in [0.05, 0.1) is 17.9 Å². The van der Waals surface area contributed by atoms with Gasteiger partial charge in [-0.25, -0.2) is 14.2 Å². The molecule has 1 N–H and O–H groups in total. The van der Waals surface area contributed by atoms with E-state index in [9.17, 15) is 14.3 Å². The molecule has 2 aromatic rings. The van der Waals surface area contributed by atoms with E-state index in [2.05, 4.69) is 6.92 Å². The summed E-state index contributed by atoms with van der Waals surface area (Å²) >= 11 is 0. The summed E-state index contributed by atoms with van der Waals surface area (Å²) in [6.45, 7) is 3.63. The summed E-state index contributed by atoms with van der Waals surface area (Å²) in [6.07, 6.45) is 5.59. The van der Waals surface area contributed by atoms with Gasteiger partial charge in [-0.2, -0.15) is 0 Å². The number of ether oxygens (including phenoxy) is 2. The van der Waals surface area contributed by atoms with E-state index >= 15 is 0 Å². The van der Waals surface area contributed by atoms with Crippen molar-refractivity contribution < 1.29 is 23.8 Å². The van der Waals surface area contributed by atoms with Gasteiger partial charge in [0, 0.05) is 23.9 Å². The molecule has 0 spiro atoms. The fourth-order valence-electron chi connectivity index (χ4n) is 4.03. The number of halogens is 1. The number of nitrogens with zero attached hydrogens (tertiary/aromatic N) is 2. The van der Waals surface area contributed by atoms with E-state index in [4.69, 9.17) is 14.5 Å². The summed E-state index contributed by atoms with van der Waals surface area (Å²) in [5, 5.41) is 9.44. The van der Waals surface area contributed by atoms with Gasteiger partial charge >= 0.3 is 5.97 Å². The smallest absolute Gasteiger partial charge is 0.341 e. The molecule has 0 aromatic carbocycles. The van der Waals surface area contributed by atoms with Crippen molar-refractivity contribution in [1.29, 1.82) is 0 Å². The maximum Gasteiger partial charge on any atom is 0.341 e. The van der Waals surface area contributed by atoms with Crippen molar-refractivity contribution in [2.45, 2.75) is 50.2 Å². The van der Waals surface area contributed by atoms with E-state index in [1.165, 1.54) is 6.20 Å². The molecule has 2 aromatic heterocycles. The highest BCUT2D eigenvalue weighted by Gasteiger charge is 2.55. The molecular formula is C18H21FN2O4. The number of aromatic carboxylic acids is 1. The Labute approximate surface area is 144 Å². The van der Waals surface area contributed by atoms with E-state index in [0.29, 0.717) is 12.3 Å². The predicted octanol–water partition coefficient (Wildman–Crippen LogP) is 2.98. The van der Waals surface area contributed by atoms with Crippen molar-refractivity contribution in [2.24, 2.45) is 0 Å². The minimum atomic E-state index is -1.12. The van der Waals surface area contributed by atoms with Crippen molar-refractivity contribution in [1.82, 2.24) is 9.38 Å². The zero-order valence-electron chi connectivity index (χ0n) is 14.3. The molecule has 0 unspecified atom stereocenters. The molecule has 25 heavy (non-hydrogen) atoms. The Morgan fingerprint density at radius 2 is 2.32 bits per heavy atom. The van der Waals surface area contributed by atoms with Crippen molar-refractivity contribution >= 4 is 11.6 Å². The standard InChI is InChI=1S/C18H21FN2O4/c1-11(6-19)25-13-5-15-20-14(8-21(15)7-12(13)16(22)23)18-4-3-17(2,9-18)24-10-18/h5,7-8,11H,3-4,6,9-10H2,1-2H3,(H,22,23)/t11-,17-,18-/m0/s1. The number of hydrogen-bond acceptors (Lipinski definition) is 4. The van der Waals surface area contributed by atoms with Crippen molar-refractivity contribution in [3.05, 3.63) is 29.7 Å². The summed E-state index contributed by atoms with van der Waals surface area (Å²) in [7, 11) is 0. The number of carboxylic acid groups (broad SMARTS) is 1. The monoisotopic (exact) mass is 348 g/mol. The van der Waals surface area contributed by atoms with Crippen LogP contribution in [0.1, 0.15) is 49.2 Å². The molecule has 3 heterocycles. The second kappa shape index (κ2) is 5.42. The lowest BCUT2D eigenvalue weighted by molar-refractivity contribution is -0.00627. The minimum Gasteiger partial charge on any atom is -0.487 e. The normalized spacial score (nSPS) is 29.2. The van der Waals surface area contributed by atoms with Gasteiger partial charge < -0.3 is 19.0 Å². The van der Waals surface area contributed by atoms with Crippen LogP contribution in [0.4, 0.5) is 4.39 Å². The highest BCUT2D eigenvalue weighted by molar-refractivity contribution is 5.91. The Bertz CT molecular complexity index is 839. The van der Waals surface area contributed by atoms with Gasteiger partial charge in [0.1, 0.15) is 29.7 Å². The Hall–Kier alpha value is -2.15. The molecule has 0 amide bonds. The lowest BCUT2D eigenvalue weighted by Crippen LogP contribution is -2.26. The summed E-state index contributed by atoms with van der Waals surface area (Å²) in [5.74, 6) is -0.979. The van der Waals surface area contributed by atoms with Gasteiger partial charge in [-0.05, 0) is 33.1 Å². The quantitative estimate of drug-likeness (QED) is 0.899. The van der Waals surface area contributed by atoms with Crippen LogP contribution in [0, 0.1) is 0 Å². The van der Waals surface area contributed by atoms with E-state index in [0.717, 1.165) is 25.0 Å². The average molecular weight is 348 g/mol. The fraction of sp³-hybridized carbons (Fsp3) is 0.556. The highest BCUT2D eigenvalue weighted by Crippen LogP contribution is 2.53. The molecule has 6 nitrogen and oxygen atoms in total. The van der Waals surface area contributed by atoms with Crippen LogP contribution in [0.25, 0.3) is 5.65 Å². The largest absolute Gasteiger partial charge is 0.487 e. The van der Waals surface area contributed by atoms with Crippen LogP contribution in [0.3, 0.4) is 0 Å². The zero-order valence-corrected chi connectivity index (χ0v) is 14.3. The molecule has 7 heteroatoms. The Morgan fingerprint density at radius 3 is 2.88 bits per heavy atom. The molecule has 1 saturated carbocycles. The summed E-state index contributed by atoms with van der Waals surface area (Å²) in [6, 6.07) is 1.57. The average Bonchev–Trinajstić information content (AvgIpc) is 3.24. The van der Waals surface area contributed by atoms with Crippen LogP contribution < -0.4 is 4.74 Å². The first-order valence-corrected chi connectivity index (χ1v) is 8.47. The number of alkyl halides is 1. The van der Waals surface area contributed by atoms with Gasteiger partial charge in [-0.3, -0.25) is 0 Å². The van der Waals surface area contributed by atoms with Gasteiger partial charge in [0.15, 0.2) is 0 Å². The van der Waals surface area contributed by atoms with Crippen LogP contribution in [-0.4, -0.2) is 45.4 Å². The van der Waals surface area contributed by atoms with Crippen molar-refractivity contribution in [3.63, 3.8) is 0 Å². The maximum absolute atomic E-state index is 12.8. The zero-order chi connectivity index (χ0) is 17.8. The summed E-state index contributed by atoms with van der Waals surface area (Å²) in [4.78, 5) is 16.2. The molecule has 0 radical (unpaired) electrons. The molecule has 2 bridgehead atoms. The molecule has 1 aliphatic carbocycles. The number of fused-ring (bicyclic) bond motifs is 3. The predicted molar refractivity (Wildman–Crippen MR) is 88.1 cm³/mol. The Kier molecular flexibility index (Phi) is 3.54. The van der Waals surface area contributed by atoms with Gasteiger partial charge in [0.2, 0.25) is 0 Å². The minimum absolute atomic E-state index is 0.00631. The number of pyridine rings is 1. The van der Waals surface area contributed by atoms with Crippen molar-refractivity contribution in [2.75, 3.05) is 13.3 Å². The molecule has 2 fully saturated rings. The molecular weight excluding hydrogens is 327 g/mol. The van der Waals surface area contributed by atoms with Crippen LogP contribution >= 0.6 is 0 Å². The topological polar surface area (TPSA) is 73.1 Å². The van der Waals surface area contributed by atoms with Crippen LogP contribution in [0.2, 0.25) is 0 Å². The Morgan fingerprint density at radius 1 is 1.52 bits per heavy atom.